The van der Waals surface area contributed by atoms with Crippen molar-refractivity contribution < 1.29 is 0 Å². The van der Waals surface area contributed by atoms with Crippen LogP contribution in [0.3, 0.4) is 0 Å². The summed E-state index contributed by atoms with van der Waals surface area (Å²) >= 11 is 0. The van der Waals surface area contributed by atoms with E-state index in [1.807, 2.05) is 0 Å². The van der Waals surface area contributed by atoms with Gasteiger partial charge >= 0.3 is 0 Å². The van der Waals surface area contributed by atoms with Crippen LogP contribution in [0.4, 0.5) is 0 Å². The van der Waals surface area contributed by atoms with E-state index in [0.717, 1.165) is 6.42 Å². The zero-order valence-corrected chi connectivity index (χ0v) is 14.2. The van der Waals surface area contributed by atoms with E-state index < -0.39 is 0 Å². The lowest BCUT2D eigenvalue weighted by Crippen LogP contribution is -2.02. The Morgan fingerprint density at radius 2 is 1.26 bits per heavy atom. The Bertz CT molecular complexity index is 798. The number of hydrogen-bond acceptors (Lipinski definition) is 0. The Balaban J connectivity index is 2.13. The first-order valence-electron chi connectivity index (χ1n) is 8.45. The van der Waals surface area contributed by atoms with Crippen molar-refractivity contribution in [2.75, 3.05) is 0 Å². The molecule has 0 saturated heterocycles. The van der Waals surface area contributed by atoms with Crippen LogP contribution in [0.1, 0.15) is 42.0 Å². The fourth-order valence-electron chi connectivity index (χ4n) is 3.44. The maximum absolute atomic E-state index is 2.33. The third-order valence-electron chi connectivity index (χ3n) is 4.77. The molecule has 116 valence electrons. The van der Waals surface area contributed by atoms with Crippen LogP contribution in [0.15, 0.2) is 72.8 Å². The van der Waals surface area contributed by atoms with Gasteiger partial charge in [0, 0.05) is 5.92 Å². The largest absolute Gasteiger partial charge is 0.0620 e. The molecule has 0 radical (unpaired) electrons. The average Bonchev–Trinajstić information content (AvgIpc) is 2.61. The van der Waals surface area contributed by atoms with Gasteiger partial charge in [0.15, 0.2) is 0 Å². The molecule has 0 nitrogen and oxygen atoms in total. The van der Waals surface area contributed by atoms with E-state index in [2.05, 4.69) is 93.6 Å². The summed E-state index contributed by atoms with van der Waals surface area (Å²) in [6, 6.07) is 26.3. The van der Waals surface area contributed by atoms with Gasteiger partial charge in [-0.25, -0.2) is 0 Å². The highest BCUT2D eigenvalue weighted by molar-refractivity contribution is 5.71. The minimum atomic E-state index is 0.391. The monoisotopic (exact) mass is 300 g/mol. The molecule has 0 saturated carbocycles. The second-order valence-corrected chi connectivity index (χ2v) is 6.18. The first-order chi connectivity index (χ1) is 11.2. The Hall–Kier alpha value is -2.34. The van der Waals surface area contributed by atoms with Crippen molar-refractivity contribution in [1.82, 2.24) is 0 Å². The van der Waals surface area contributed by atoms with Crippen LogP contribution in [-0.4, -0.2) is 0 Å². The smallest absolute Gasteiger partial charge is 0.00698 e. The van der Waals surface area contributed by atoms with Crippen molar-refractivity contribution in [3.8, 4) is 11.1 Å². The third kappa shape index (κ3) is 3.07. The summed E-state index contributed by atoms with van der Waals surface area (Å²) in [6.45, 7) is 6.75. The van der Waals surface area contributed by atoms with Crippen LogP contribution in [0.2, 0.25) is 0 Å². The quantitative estimate of drug-likeness (QED) is 0.524. The highest BCUT2D eigenvalue weighted by Crippen LogP contribution is 2.35. The Labute approximate surface area is 139 Å². The second kappa shape index (κ2) is 6.83. The first-order valence-corrected chi connectivity index (χ1v) is 8.45. The third-order valence-corrected chi connectivity index (χ3v) is 4.77. The fourth-order valence-corrected chi connectivity index (χ4v) is 3.44. The maximum Gasteiger partial charge on any atom is 0.00698 e. The molecule has 0 aliphatic heterocycles. The molecule has 0 heterocycles. The first kappa shape index (κ1) is 15.6. The molecule has 3 rings (SSSR count). The number of hydrogen-bond donors (Lipinski definition) is 0. The van der Waals surface area contributed by atoms with Crippen LogP contribution in [0.5, 0.6) is 0 Å². The molecule has 0 aromatic heterocycles. The second-order valence-electron chi connectivity index (χ2n) is 6.18. The molecular weight excluding hydrogens is 276 g/mol. The van der Waals surface area contributed by atoms with E-state index in [1.54, 1.807) is 0 Å². The summed E-state index contributed by atoms with van der Waals surface area (Å²) in [7, 11) is 0. The molecular formula is C23H24. The van der Waals surface area contributed by atoms with E-state index in [0.29, 0.717) is 5.92 Å². The summed E-state index contributed by atoms with van der Waals surface area (Å²) in [5.74, 6) is 0.391. The lowest BCUT2D eigenvalue weighted by Gasteiger charge is -2.20. The summed E-state index contributed by atoms with van der Waals surface area (Å²) in [5.41, 5.74) is 8.31. The van der Waals surface area contributed by atoms with Gasteiger partial charge in [-0.15, -0.1) is 0 Å². The molecule has 1 unspecified atom stereocenters. The minimum absolute atomic E-state index is 0.391. The molecule has 0 spiro atoms. The summed E-state index contributed by atoms with van der Waals surface area (Å²) in [6.07, 6.45) is 1.08. The van der Waals surface area contributed by atoms with Gasteiger partial charge in [0.25, 0.3) is 0 Å². The van der Waals surface area contributed by atoms with Gasteiger partial charge in [-0.3, -0.25) is 0 Å². The average molecular weight is 300 g/mol. The fraction of sp³-hybridized carbons (Fsp3) is 0.217. The number of rotatable bonds is 4. The molecule has 0 aliphatic carbocycles. The van der Waals surface area contributed by atoms with Crippen LogP contribution in [-0.2, 0) is 6.42 Å². The molecule has 3 aromatic carbocycles. The van der Waals surface area contributed by atoms with E-state index in [9.17, 15) is 0 Å². The van der Waals surface area contributed by atoms with Crippen molar-refractivity contribution in [2.24, 2.45) is 0 Å². The Kier molecular flexibility index (Phi) is 4.62. The lowest BCUT2D eigenvalue weighted by molar-refractivity contribution is 0.895. The standard InChI is InChI=1S/C23H24/c1-4-19-12-6-8-14-21(19)18(3)22-15-9-10-16-23(22)20-13-7-5-11-17(20)2/h5-16,18H,4H2,1-3H3. The van der Waals surface area contributed by atoms with E-state index in [4.69, 9.17) is 0 Å². The molecule has 3 aromatic rings. The van der Waals surface area contributed by atoms with Gasteiger partial charge in [0.1, 0.15) is 0 Å². The van der Waals surface area contributed by atoms with Crippen molar-refractivity contribution in [2.45, 2.75) is 33.1 Å². The van der Waals surface area contributed by atoms with Gasteiger partial charge in [-0.05, 0) is 46.7 Å². The van der Waals surface area contributed by atoms with Crippen LogP contribution in [0.25, 0.3) is 11.1 Å². The predicted molar refractivity (Wildman–Crippen MR) is 100.0 cm³/mol. The summed E-state index contributed by atoms with van der Waals surface area (Å²) in [5, 5.41) is 0. The van der Waals surface area contributed by atoms with Crippen molar-refractivity contribution in [3.05, 3.63) is 95.1 Å². The summed E-state index contributed by atoms with van der Waals surface area (Å²) in [4.78, 5) is 0. The van der Waals surface area contributed by atoms with Gasteiger partial charge in [0.05, 0.1) is 0 Å². The van der Waals surface area contributed by atoms with Crippen LogP contribution >= 0.6 is 0 Å². The predicted octanol–water partition coefficient (Wildman–Crippen LogP) is 6.38. The van der Waals surface area contributed by atoms with Gasteiger partial charge in [-0.1, -0.05) is 86.6 Å². The zero-order valence-electron chi connectivity index (χ0n) is 14.2. The molecule has 0 bridgehead atoms. The molecule has 0 fully saturated rings. The van der Waals surface area contributed by atoms with Gasteiger partial charge < -0.3 is 0 Å². The van der Waals surface area contributed by atoms with Crippen LogP contribution in [0, 0.1) is 6.92 Å². The highest BCUT2D eigenvalue weighted by Gasteiger charge is 2.16. The molecule has 1 atom stereocenters. The molecule has 23 heavy (non-hydrogen) atoms. The van der Waals surface area contributed by atoms with Gasteiger partial charge in [-0.2, -0.15) is 0 Å². The SMILES string of the molecule is CCc1ccccc1C(C)c1ccccc1-c1ccccc1C. The van der Waals surface area contributed by atoms with E-state index in [-0.39, 0.29) is 0 Å². The molecule has 0 amide bonds. The maximum atomic E-state index is 2.33. The van der Waals surface area contributed by atoms with Crippen molar-refractivity contribution in [1.29, 1.82) is 0 Å². The van der Waals surface area contributed by atoms with Gasteiger partial charge in [0.2, 0.25) is 0 Å². The number of aryl methyl sites for hydroxylation is 2. The zero-order chi connectivity index (χ0) is 16.2. The molecule has 0 N–H and O–H groups in total. The van der Waals surface area contributed by atoms with Crippen molar-refractivity contribution in [3.63, 3.8) is 0 Å². The minimum Gasteiger partial charge on any atom is -0.0620 e. The van der Waals surface area contributed by atoms with Crippen molar-refractivity contribution >= 4 is 0 Å². The normalized spacial score (nSPS) is 12.1. The Morgan fingerprint density at radius 1 is 0.696 bits per heavy atom. The topological polar surface area (TPSA) is 0 Å². The van der Waals surface area contributed by atoms with E-state index >= 15 is 0 Å². The lowest BCUT2D eigenvalue weighted by atomic mass is 9.84. The highest BCUT2D eigenvalue weighted by atomic mass is 14.2. The van der Waals surface area contributed by atoms with Crippen LogP contribution < -0.4 is 0 Å². The molecule has 0 heteroatoms. The Morgan fingerprint density at radius 3 is 1.96 bits per heavy atom. The van der Waals surface area contributed by atoms with E-state index in [1.165, 1.54) is 33.4 Å². The summed E-state index contributed by atoms with van der Waals surface area (Å²) < 4.78 is 0. The number of benzene rings is 3. The molecule has 0 aliphatic rings.